The number of fused-ring (bicyclic) bond motifs is 5. The topological polar surface area (TPSA) is 82.0 Å². The third kappa shape index (κ3) is 2.44. The third-order valence-electron chi connectivity index (χ3n) is 5.56. The first-order valence-corrected chi connectivity index (χ1v) is 11.8. The minimum atomic E-state index is -0.457. The predicted molar refractivity (Wildman–Crippen MR) is 100 cm³/mol. The van der Waals surface area contributed by atoms with Crippen LogP contribution in [0, 0.1) is 3.57 Å². The van der Waals surface area contributed by atoms with Gasteiger partial charge in [0.15, 0.2) is 0 Å². The summed E-state index contributed by atoms with van der Waals surface area (Å²) in [5.74, 6) is 0.532. The van der Waals surface area contributed by atoms with Crippen LogP contribution in [0.4, 0.5) is 0 Å². The van der Waals surface area contributed by atoms with Crippen molar-refractivity contribution in [3.8, 4) is 5.75 Å². The molecule has 0 amide bonds. The summed E-state index contributed by atoms with van der Waals surface area (Å²) >= 11 is -0.133. The Balaban J connectivity index is 1.61. The number of halogens is 1. The van der Waals surface area contributed by atoms with Gasteiger partial charge in [0.05, 0.1) is 0 Å². The number of aromatic amines is 1. The van der Waals surface area contributed by atoms with Crippen LogP contribution in [0.3, 0.4) is 0 Å². The van der Waals surface area contributed by atoms with Gasteiger partial charge in [-0.15, -0.1) is 0 Å². The molecule has 2 aromatic carbocycles. The Morgan fingerprint density at radius 2 is 2.21 bits per heavy atom. The van der Waals surface area contributed by atoms with Gasteiger partial charge < -0.3 is 0 Å². The Bertz CT molecular complexity index is 1290. The average molecular weight is 499 g/mol. The molecule has 0 bridgehead atoms. The average Bonchev–Trinajstić information content (AvgIpc) is 3.47. The Kier molecular flexibility index (Phi) is 3.70. The molecular formula is C21H16IN4O3-. The molecule has 1 atom stereocenters. The first-order chi connectivity index (χ1) is 14.2. The van der Waals surface area contributed by atoms with Gasteiger partial charge in [0.2, 0.25) is 0 Å². The quantitative estimate of drug-likeness (QED) is 0.205. The Hall–Kier alpha value is -2.88. The minimum absolute atomic E-state index is 0.133. The van der Waals surface area contributed by atoms with Gasteiger partial charge in [-0.25, -0.2) is 0 Å². The molecule has 2 aliphatic rings. The van der Waals surface area contributed by atoms with Gasteiger partial charge in [-0.1, -0.05) is 0 Å². The molecule has 4 aromatic rings. The summed E-state index contributed by atoms with van der Waals surface area (Å²) in [6.07, 6.45) is 0.578. The monoisotopic (exact) mass is 499 g/mol. The van der Waals surface area contributed by atoms with E-state index in [1.165, 1.54) is 16.2 Å². The molecule has 146 valence electrons. The number of ether oxygens (including phenoxy) is 2. The van der Waals surface area contributed by atoms with E-state index in [2.05, 4.69) is 39.6 Å². The normalized spacial score (nSPS) is 17.1. The van der Waals surface area contributed by atoms with Gasteiger partial charge in [-0.05, 0) is 0 Å². The van der Waals surface area contributed by atoms with Gasteiger partial charge in [-0.2, -0.15) is 0 Å². The number of hydrogen-bond acceptors (Lipinski definition) is 5. The third-order valence-corrected chi connectivity index (χ3v) is 7.85. The summed E-state index contributed by atoms with van der Waals surface area (Å²) in [5, 5.41) is 9.70. The second-order valence-electron chi connectivity index (χ2n) is 7.04. The standard InChI is InChI=1S/C21H16IN4O3/c1-28-21(27)19-16-9-13-12-4-2-3-5-15(12)23-18(13)20(26(16)25-24-19)11-6-7-17-14(8-11)22-10-29-17/h2-8,20,23H,9-10H2,1H3/q-1/t20-/m1/s1. The van der Waals surface area contributed by atoms with E-state index in [9.17, 15) is 4.79 Å². The van der Waals surface area contributed by atoms with Gasteiger partial charge in [-0.3, -0.25) is 0 Å². The Labute approximate surface area is 176 Å². The number of esters is 1. The number of para-hydroxylation sites is 1. The van der Waals surface area contributed by atoms with Gasteiger partial charge in [0.1, 0.15) is 0 Å². The molecular weight excluding hydrogens is 483 g/mol. The molecule has 0 aliphatic carbocycles. The van der Waals surface area contributed by atoms with Crippen molar-refractivity contribution in [2.75, 3.05) is 11.7 Å². The van der Waals surface area contributed by atoms with Crippen molar-refractivity contribution in [3.63, 3.8) is 0 Å². The number of carbonyl (C=O) groups is 1. The van der Waals surface area contributed by atoms with Crippen LogP contribution in [-0.4, -0.2) is 37.7 Å². The second-order valence-corrected chi connectivity index (χ2v) is 9.59. The first kappa shape index (κ1) is 17.0. The molecule has 29 heavy (non-hydrogen) atoms. The van der Waals surface area contributed by atoms with Crippen LogP contribution in [0.1, 0.15) is 39.0 Å². The van der Waals surface area contributed by atoms with Crippen LogP contribution in [0.2, 0.25) is 0 Å². The summed E-state index contributed by atoms with van der Waals surface area (Å²) < 4.78 is 14.7. The summed E-state index contributed by atoms with van der Waals surface area (Å²) in [4.78, 5) is 15.9. The number of benzene rings is 2. The number of hydrogen-bond donors (Lipinski definition) is 1. The van der Waals surface area contributed by atoms with E-state index in [4.69, 9.17) is 9.47 Å². The van der Waals surface area contributed by atoms with Crippen molar-refractivity contribution < 1.29 is 35.5 Å². The maximum atomic E-state index is 12.3. The molecule has 0 spiro atoms. The van der Waals surface area contributed by atoms with E-state index in [1.807, 2.05) is 22.9 Å². The Morgan fingerprint density at radius 1 is 1.31 bits per heavy atom. The van der Waals surface area contributed by atoms with E-state index >= 15 is 0 Å². The summed E-state index contributed by atoms with van der Waals surface area (Å²) in [6, 6.07) is 14.4. The molecule has 0 unspecified atom stereocenters. The van der Waals surface area contributed by atoms with Crippen molar-refractivity contribution in [2.45, 2.75) is 12.5 Å². The van der Waals surface area contributed by atoms with Gasteiger partial charge >= 0.3 is 177 Å². The molecule has 1 N–H and O–H groups in total. The molecule has 2 aliphatic heterocycles. The van der Waals surface area contributed by atoms with E-state index in [0.717, 1.165) is 38.2 Å². The molecule has 0 saturated carbocycles. The fraction of sp³-hybridized carbons (Fsp3) is 0.190. The zero-order valence-corrected chi connectivity index (χ0v) is 17.6. The predicted octanol–water partition coefficient (Wildman–Crippen LogP) is -0.304. The van der Waals surface area contributed by atoms with Crippen LogP contribution in [0.25, 0.3) is 10.9 Å². The molecule has 0 radical (unpaired) electrons. The van der Waals surface area contributed by atoms with Crippen molar-refractivity contribution in [1.82, 2.24) is 20.0 Å². The molecule has 8 heteroatoms. The second kappa shape index (κ2) is 6.31. The number of H-pyrrole nitrogens is 1. The fourth-order valence-corrected chi connectivity index (χ4v) is 6.35. The summed E-state index contributed by atoms with van der Waals surface area (Å²) in [6.45, 7) is 0. The SMILES string of the molecule is COC(=O)c1nnn2c1Cc1c([nH]c3ccccc13)[C@H]2c1ccc2c(c1)[I-]CO2. The molecule has 7 nitrogen and oxygen atoms in total. The van der Waals surface area contributed by atoms with Gasteiger partial charge in [0, 0.05) is 0 Å². The number of nitrogens with zero attached hydrogens (tertiary/aromatic N) is 3. The Morgan fingerprint density at radius 3 is 3.10 bits per heavy atom. The molecule has 2 aromatic heterocycles. The van der Waals surface area contributed by atoms with Crippen molar-refractivity contribution in [2.24, 2.45) is 0 Å². The van der Waals surface area contributed by atoms with E-state index in [-0.39, 0.29) is 32.9 Å². The fourth-order valence-electron chi connectivity index (χ4n) is 4.24. The maximum absolute atomic E-state index is 12.3. The van der Waals surface area contributed by atoms with Crippen molar-refractivity contribution in [1.29, 1.82) is 0 Å². The summed E-state index contributed by atoms with van der Waals surface area (Å²) in [7, 11) is 1.37. The van der Waals surface area contributed by atoms with Crippen molar-refractivity contribution in [3.05, 3.63) is 74.2 Å². The van der Waals surface area contributed by atoms with E-state index in [1.54, 1.807) is 0 Å². The van der Waals surface area contributed by atoms with Crippen LogP contribution in [0.5, 0.6) is 5.75 Å². The summed E-state index contributed by atoms with van der Waals surface area (Å²) in [5.41, 5.74) is 5.53. The van der Waals surface area contributed by atoms with Crippen molar-refractivity contribution >= 4 is 16.9 Å². The zero-order valence-electron chi connectivity index (χ0n) is 15.5. The number of carbonyl (C=O) groups excluding carboxylic acids is 1. The zero-order chi connectivity index (χ0) is 19.5. The van der Waals surface area contributed by atoms with Gasteiger partial charge in [0.25, 0.3) is 0 Å². The number of methoxy groups -OCH3 is 1. The van der Waals surface area contributed by atoms with Crippen LogP contribution in [-0.2, 0) is 11.2 Å². The number of alkyl halides is 1. The first-order valence-electron chi connectivity index (χ1n) is 9.22. The number of rotatable bonds is 2. The molecule has 0 fully saturated rings. The van der Waals surface area contributed by atoms with Crippen LogP contribution in [0.15, 0.2) is 42.5 Å². The van der Waals surface area contributed by atoms with Crippen LogP contribution < -0.4 is 25.9 Å². The van der Waals surface area contributed by atoms with Crippen LogP contribution >= 0.6 is 0 Å². The van der Waals surface area contributed by atoms with E-state index < -0.39 is 5.97 Å². The molecule has 6 rings (SSSR count). The molecule has 4 heterocycles. The number of nitrogens with one attached hydrogen (secondary N) is 1. The number of aromatic nitrogens is 4. The molecule has 0 saturated heterocycles. The van der Waals surface area contributed by atoms with E-state index in [0.29, 0.717) is 6.42 Å².